The molecule has 0 aromatic heterocycles. The van der Waals surface area contributed by atoms with Gasteiger partial charge < -0.3 is 0 Å². The molecule has 0 radical (unpaired) electrons. The number of hydrogen-bond donors (Lipinski definition) is 0. The Bertz CT molecular complexity index is 548. The van der Waals surface area contributed by atoms with Crippen molar-refractivity contribution in [2.24, 2.45) is 28.7 Å². The summed E-state index contributed by atoms with van der Waals surface area (Å²) in [5, 5.41) is 0. The molecule has 0 N–H and O–H groups in total. The van der Waals surface area contributed by atoms with Gasteiger partial charge in [0.1, 0.15) is 0 Å². The highest BCUT2D eigenvalue weighted by atomic mass is 14.8. The van der Waals surface area contributed by atoms with Gasteiger partial charge in [-0.2, -0.15) is 0 Å². The minimum absolute atomic E-state index is 0.661. The van der Waals surface area contributed by atoms with Crippen molar-refractivity contribution in [1.82, 2.24) is 0 Å². The number of fused-ring (bicyclic) bond motifs is 3. The maximum absolute atomic E-state index is 5.14. The zero-order chi connectivity index (χ0) is 16.9. The molecule has 0 amide bonds. The van der Waals surface area contributed by atoms with E-state index in [9.17, 15) is 0 Å². The average Bonchev–Trinajstić information content (AvgIpc) is 2.84. The molecule has 3 aliphatic rings. The van der Waals surface area contributed by atoms with Crippen LogP contribution in [0.1, 0.15) is 72.1 Å². The van der Waals surface area contributed by atoms with Crippen LogP contribution in [0.2, 0.25) is 0 Å². The summed E-state index contributed by atoms with van der Waals surface area (Å²) in [4.78, 5) is 5.14. The molecule has 0 aromatic rings. The molecule has 3 rings (SSSR count). The van der Waals surface area contributed by atoms with E-state index in [0.29, 0.717) is 17.8 Å². The summed E-state index contributed by atoms with van der Waals surface area (Å²) in [5.41, 5.74) is 4.70. The average molecular weight is 326 g/mol. The van der Waals surface area contributed by atoms with Gasteiger partial charge in [-0.25, -0.2) is 0 Å². The second-order valence-corrected chi connectivity index (χ2v) is 8.16. The third-order valence-corrected chi connectivity index (χ3v) is 6.19. The van der Waals surface area contributed by atoms with Crippen LogP contribution in [0.25, 0.3) is 0 Å². The molecule has 1 heteroatoms. The zero-order valence-electron chi connectivity index (χ0n) is 15.9. The maximum atomic E-state index is 5.14. The zero-order valence-corrected chi connectivity index (χ0v) is 15.9. The lowest BCUT2D eigenvalue weighted by Crippen LogP contribution is -2.33. The summed E-state index contributed by atoms with van der Waals surface area (Å²) in [7, 11) is 0. The maximum Gasteiger partial charge on any atom is 0.0418 e. The van der Waals surface area contributed by atoms with E-state index in [0.717, 1.165) is 12.5 Å². The van der Waals surface area contributed by atoms with E-state index in [1.54, 1.807) is 11.1 Å². The summed E-state index contributed by atoms with van der Waals surface area (Å²) < 4.78 is 0. The van der Waals surface area contributed by atoms with Gasteiger partial charge in [-0.05, 0) is 67.4 Å². The van der Waals surface area contributed by atoms with Crippen molar-refractivity contribution in [1.29, 1.82) is 0 Å². The second-order valence-electron chi connectivity index (χ2n) is 8.16. The Labute approximate surface area is 149 Å². The van der Waals surface area contributed by atoms with Crippen molar-refractivity contribution in [3.63, 3.8) is 0 Å². The number of unbranched alkanes of at least 4 members (excludes halogenated alkanes) is 2. The molecule has 0 saturated carbocycles. The first-order chi connectivity index (χ1) is 11.7. The Morgan fingerprint density at radius 2 is 2.17 bits per heavy atom. The predicted molar refractivity (Wildman–Crippen MR) is 106 cm³/mol. The molecule has 0 fully saturated rings. The molecule has 1 nitrogen and oxygen atoms in total. The Kier molecular flexibility index (Phi) is 6.14. The van der Waals surface area contributed by atoms with Crippen LogP contribution in [0.4, 0.5) is 0 Å². The molecule has 4 atom stereocenters. The van der Waals surface area contributed by atoms with Gasteiger partial charge in [0.05, 0.1) is 0 Å². The number of aliphatic imine (C=N–C) groups is 1. The molecule has 4 unspecified atom stereocenters. The molecule has 0 spiro atoms. The third kappa shape index (κ3) is 3.92. The van der Waals surface area contributed by atoms with Gasteiger partial charge in [0.2, 0.25) is 0 Å². The fourth-order valence-electron chi connectivity index (χ4n) is 4.73. The SMILES string of the molecule is CCCC/C=C1\CC(CC)C2=CC(CCC=C2)C2CC(C)CN=C12. The van der Waals surface area contributed by atoms with Crippen molar-refractivity contribution < 1.29 is 0 Å². The van der Waals surface area contributed by atoms with Crippen LogP contribution >= 0.6 is 0 Å². The number of allylic oxidation sites excluding steroid dienone is 6. The predicted octanol–water partition coefficient (Wildman–Crippen LogP) is 6.52. The van der Waals surface area contributed by atoms with Gasteiger partial charge in [0.25, 0.3) is 0 Å². The first kappa shape index (κ1) is 17.7. The van der Waals surface area contributed by atoms with Gasteiger partial charge in [0, 0.05) is 18.2 Å². The highest BCUT2D eigenvalue weighted by Gasteiger charge is 2.34. The monoisotopic (exact) mass is 325 g/mol. The smallest absolute Gasteiger partial charge is 0.0418 e. The van der Waals surface area contributed by atoms with Crippen molar-refractivity contribution in [2.75, 3.05) is 6.54 Å². The highest BCUT2D eigenvalue weighted by molar-refractivity contribution is 6.02. The molecule has 0 aromatic carbocycles. The Morgan fingerprint density at radius 3 is 2.96 bits per heavy atom. The van der Waals surface area contributed by atoms with Crippen molar-refractivity contribution >= 4 is 5.71 Å². The van der Waals surface area contributed by atoms with Crippen LogP contribution in [0.3, 0.4) is 0 Å². The molecular formula is C23H35N. The fourth-order valence-corrected chi connectivity index (χ4v) is 4.73. The Balaban J connectivity index is 1.99. The minimum Gasteiger partial charge on any atom is -0.289 e. The first-order valence-corrected chi connectivity index (χ1v) is 10.3. The molecule has 2 bridgehead atoms. The minimum atomic E-state index is 0.661. The van der Waals surface area contributed by atoms with Gasteiger partial charge in [-0.15, -0.1) is 0 Å². The van der Waals surface area contributed by atoms with Crippen LogP contribution in [0, 0.1) is 23.7 Å². The summed E-state index contributed by atoms with van der Waals surface area (Å²) in [6, 6.07) is 0. The molecule has 2 aliphatic carbocycles. The van der Waals surface area contributed by atoms with Crippen molar-refractivity contribution in [3.05, 3.63) is 35.5 Å². The molecular weight excluding hydrogens is 290 g/mol. The quantitative estimate of drug-likeness (QED) is 0.522. The lowest BCUT2D eigenvalue weighted by Gasteiger charge is -2.36. The summed E-state index contributed by atoms with van der Waals surface area (Å²) in [6.45, 7) is 8.06. The van der Waals surface area contributed by atoms with E-state index in [1.807, 2.05) is 0 Å². The van der Waals surface area contributed by atoms with E-state index in [1.165, 1.54) is 57.1 Å². The summed E-state index contributed by atoms with van der Waals surface area (Å²) in [6.07, 6.45) is 20.2. The largest absolute Gasteiger partial charge is 0.289 e. The molecule has 1 heterocycles. The molecule has 132 valence electrons. The summed E-state index contributed by atoms with van der Waals surface area (Å²) >= 11 is 0. The van der Waals surface area contributed by atoms with E-state index < -0.39 is 0 Å². The fraction of sp³-hybridized carbons (Fsp3) is 0.696. The van der Waals surface area contributed by atoms with Gasteiger partial charge >= 0.3 is 0 Å². The Morgan fingerprint density at radius 1 is 1.29 bits per heavy atom. The van der Waals surface area contributed by atoms with Crippen LogP contribution in [0.5, 0.6) is 0 Å². The van der Waals surface area contributed by atoms with Crippen molar-refractivity contribution in [3.8, 4) is 0 Å². The topological polar surface area (TPSA) is 12.4 Å². The summed E-state index contributed by atoms with van der Waals surface area (Å²) in [5.74, 6) is 2.78. The van der Waals surface area contributed by atoms with Crippen LogP contribution < -0.4 is 0 Å². The van der Waals surface area contributed by atoms with E-state index in [4.69, 9.17) is 4.99 Å². The molecule has 24 heavy (non-hydrogen) atoms. The van der Waals surface area contributed by atoms with Crippen LogP contribution in [0.15, 0.2) is 40.4 Å². The molecule has 0 saturated heterocycles. The molecule has 1 aliphatic heterocycles. The third-order valence-electron chi connectivity index (χ3n) is 6.19. The first-order valence-electron chi connectivity index (χ1n) is 10.3. The highest BCUT2D eigenvalue weighted by Crippen LogP contribution is 2.41. The lowest BCUT2D eigenvalue weighted by atomic mass is 9.71. The van der Waals surface area contributed by atoms with E-state index in [-0.39, 0.29) is 0 Å². The van der Waals surface area contributed by atoms with Gasteiger partial charge in [0.15, 0.2) is 0 Å². The van der Waals surface area contributed by atoms with Gasteiger partial charge in [-0.3, -0.25) is 4.99 Å². The standard InChI is InChI=1S/C23H35N/c1-4-6-7-12-21-14-18(5-2)19-10-8-9-11-20(15-19)22-13-17(3)16-24-23(21)22/h8,10,12,15,17-18,20,22H,4-7,9,11,13-14,16H2,1-3H3/b21-12+. The lowest BCUT2D eigenvalue weighted by molar-refractivity contribution is 0.360. The van der Waals surface area contributed by atoms with Crippen LogP contribution in [-0.4, -0.2) is 12.3 Å². The van der Waals surface area contributed by atoms with Crippen molar-refractivity contribution in [2.45, 2.75) is 72.1 Å². The number of hydrogen-bond acceptors (Lipinski definition) is 1. The van der Waals surface area contributed by atoms with E-state index in [2.05, 4.69) is 45.1 Å². The van der Waals surface area contributed by atoms with E-state index >= 15 is 0 Å². The number of nitrogens with zero attached hydrogens (tertiary/aromatic N) is 1. The normalized spacial score (nSPS) is 34.7. The Hall–Kier alpha value is -1.11. The van der Waals surface area contributed by atoms with Crippen LogP contribution in [-0.2, 0) is 0 Å². The number of rotatable bonds is 4. The van der Waals surface area contributed by atoms with Gasteiger partial charge in [-0.1, -0.05) is 57.9 Å². The second kappa shape index (κ2) is 8.32.